The molecule has 0 aromatic heterocycles. The fourth-order valence-corrected chi connectivity index (χ4v) is 4.23. The van der Waals surface area contributed by atoms with E-state index in [2.05, 4.69) is 66.4 Å². The normalized spacial score (nSPS) is 28.2. The van der Waals surface area contributed by atoms with Crippen LogP contribution in [-0.4, -0.2) is 43.7 Å². The number of nitrogens with one attached hydrogen (secondary N) is 1. The van der Waals surface area contributed by atoms with Crippen molar-refractivity contribution in [3.63, 3.8) is 0 Å². The van der Waals surface area contributed by atoms with Gasteiger partial charge in [0.05, 0.1) is 6.10 Å². The highest BCUT2D eigenvalue weighted by Gasteiger charge is 2.58. The van der Waals surface area contributed by atoms with Crippen molar-refractivity contribution in [1.29, 1.82) is 0 Å². The Kier molecular flexibility index (Phi) is 6.53. The molecule has 24 heavy (non-hydrogen) atoms. The van der Waals surface area contributed by atoms with Crippen LogP contribution in [0, 0.1) is 11.3 Å². The maximum absolute atomic E-state index is 6.00. The van der Waals surface area contributed by atoms with Gasteiger partial charge in [0.2, 0.25) is 0 Å². The van der Waals surface area contributed by atoms with Gasteiger partial charge in [-0.1, -0.05) is 44.2 Å². The van der Waals surface area contributed by atoms with E-state index in [4.69, 9.17) is 4.74 Å². The predicted octanol–water partition coefficient (Wildman–Crippen LogP) is 3.52. The molecule has 3 unspecified atom stereocenters. The molecule has 5 heteroatoms. The van der Waals surface area contributed by atoms with E-state index in [1.165, 1.54) is 18.4 Å². The van der Waals surface area contributed by atoms with Crippen LogP contribution in [0.5, 0.6) is 0 Å². The maximum Gasteiger partial charge on any atom is 0.193 e. The van der Waals surface area contributed by atoms with Gasteiger partial charge in [-0.05, 0) is 18.4 Å². The van der Waals surface area contributed by atoms with Crippen LogP contribution in [0.2, 0.25) is 0 Å². The molecule has 2 fully saturated rings. The lowest BCUT2D eigenvalue weighted by molar-refractivity contribution is -0.188. The summed E-state index contributed by atoms with van der Waals surface area (Å²) >= 11 is 0. The smallest absolute Gasteiger partial charge is 0.193 e. The molecule has 0 amide bonds. The van der Waals surface area contributed by atoms with Crippen LogP contribution in [-0.2, 0) is 11.3 Å². The van der Waals surface area contributed by atoms with Gasteiger partial charge < -0.3 is 15.0 Å². The van der Waals surface area contributed by atoms with Gasteiger partial charge in [0.25, 0.3) is 0 Å². The standard InChI is InChI=1S/C19H29N3O.HI/c1-19(2)16(15-11-8-12-23-17(15)19)21-18(20-3)22(4)13-14-9-6-5-7-10-14;/h5-7,9-10,15-17H,8,11-13H2,1-4H3,(H,20,21);1H. The Morgan fingerprint density at radius 1 is 1.33 bits per heavy atom. The second kappa shape index (κ2) is 8.04. The second-order valence-corrected chi connectivity index (χ2v) is 7.43. The number of fused-ring (bicyclic) bond motifs is 1. The number of ether oxygens (including phenoxy) is 1. The second-order valence-electron chi connectivity index (χ2n) is 7.43. The van der Waals surface area contributed by atoms with Gasteiger partial charge in [0.15, 0.2) is 5.96 Å². The quantitative estimate of drug-likeness (QED) is 0.442. The molecule has 1 aliphatic carbocycles. The molecule has 0 bridgehead atoms. The van der Waals surface area contributed by atoms with E-state index < -0.39 is 0 Å². The minimum Gasteiger partial charge on any atom is -0.377 e. The van der Waals surface area contributed by atoms with Gasteiger partial charge in [-0.15, -0.1) is 24.0 Å². The third kappa shape index (κ3) is 3.72. The van der Waals surface area contributed by atoms with Crippen molar-refractivity contribution < 1.29 is 4.74 Å². The van der Waals surface area contributed by atoms with Crippen molar-refractivity contribution in [3.8, 4) is 0 Å². The first-order valence-corrected chi connectivity index (χ1v) is 8.64. The molecular formula is C19H30IN3O. The summed E-state index contributed by atoms with van der Waals surface area (Å²) in [6, 6.07) is 11.0. The van der Waals surface area contributed by atoms with E-state index in [0.717, 1.165) is 19.1 Å². The Bertz CT molecular complexity index is 561. The van der Waals surface area contributed by atoms with E-state index >= 15 is 0 Å². The zero-order valence-corrected chi connectivity index (χ0v) is 17.5. The average molecular weight is 443 g/mol. The lowest BCUT2D eigenvalue weighted by Gasteiger charge is -2.60. The lowest BCUT2D eigenvalue weighted by atomic mass is 9.55. The highest BCUT2D eigenvalue weighted by molar-refractivity contribution is 14.0. The molecule has 1 saturated carbocycles. The number of hydrogen-bond acceptors (Lipinski definition) is 2. The number of rotatable bonds is 3. The Morgan fingerprint density at radius 2 is 2.04 bits per heavy atom. The van der Waals surface area contributed by atoms with E-state index in [9.17, 15) is 0 Å². The Labute approximate surface area is 163 Å². The van der Waals surface area contributed by atoms with Crippen LogP contribution >= 0.6 is 24.0 Å². The molecule has 3 rings (SSSR count). The molecule has 1 saturated heterocycles. The Hall–Kier alpha value is -0.820. The monoisotopic (exact) mass is 443 g/mol. The van der Waals surface area contributed by atoms with Crippen molar-refractivity contribution in [2.75, 3.05) is 20.7 Å². The molecule has 4 nitrogen and oxygen atoms in total. The first kappa shape index (κ1) is 19.5. The molecule has 1 heterocycles. The minimum absolute atomic E-state index is 0. The van der Waals surface area contributed by atoms with E-state index in [1.807, 2.05) is 7.05 Å². The molecule has 134 valence electrons. The van der Waals surface area contributed by atoms with Crippen LogP contribution in [0.4, 0.5) is 0 Å². The number of nitrogens with zero attached hydrogens (tertiary/aromatic N) is 2. The maximum atomic E-state index is 6.00. The number of aliphatic imine (C=N–C) groups is 1. The van der Waals surface area contributed by atoms with Gasteiger partial charge in [-0.2, -0.15) is 0 Å². The highest BCUT2D eigenvalue weighted by Crippen LogP contribution is 2.51. The Balaban J connectivity index is 0.00000208. The highest BCUT2D eigenvalue weighted by atomic mass is 127. The number of hydrogen-bond donors (Lipinski definition) is 1. The summed E-state index contributed by atoms with van der Waals surface area (Å²) in [6.07, 6.45) is 2.82. The molecular weight excluding hydrogens is 413 g/mol. The molecule has 1 N–H and O–H groups in total. The molecule has 2 aliphatic rings. The summed E-state index contributed by atoms with van der Waals surface area (Å²) in [7, 11) is 3.97. The summed E-state index contributed by atoms with van der Waals surface area (Å²) < 4.78 is 6.00. The summed E-state index contributed by atoms with van der Waals surface area (Å²) in [5, 5.41) is 3.71. The van der Waals surface area contributed by atoms with Crippen molar-refractivity contribution in [3.05, 3.63) is 35.9 Å². The summed E-state index contributed by atoms with van der Waals surface area (Å²) in [4.78, 5) is 6.70. The lowest BCUT2D eigenvalue weighted by Crippen LogP contribution is -2.71. The van der Waals surface area contributed by atoms with Crippen molar-refractivity contribution in [2.24, 2.45) is 16.3 Å². The average Bonchev–Trinajstić information content (AvgIpc) is 2.56. The van der Waals surface area contributed by atoms with Crippen LogP contribution < -0.4 is 5.32 Å². The van der Waals surface area contributed by atoms with Crippen LogP contribution in [0.15, 0.2) is 35.3 Å². The van der Waals surface area contributed by atoms with Gasteiger partial charge in [0, 0.05) is 44.6 Å². The predicted molar refractivity (Wildman–Crippen MR) is 110 cm³/mol. The first-order valence-electron chi connectivity index (χ1n) is 8.64. The van der Waals surface area contributed by atoms with E-state index in [0.29, 0.717) is 18.1 Å². The fraction of sp³-hybridized carbons (Fsp3) is 0.632. The van der Waals surface area contributed by atoms with Crippen molar-refractivity contribution in [1.82, 2.24) is 10.2 Å². The van der Waals surface area contributed by atoms with Crippen LogP contribution in [0.25, 0.3) is 0 Å². The molecule has 1 aliphatic heterocycles. The first-order chi connectivity index (χ1) is 11.0. The summed E-state index contributed by atoms with van der Waals surface area (Å²) in [5.74, 6) is 1.58. The van der Waals surface area contributed by atoms with E-state index in [1.54, 1.807) is 0 Å². The number of halogens is 1. The number of benzene rings is 1. The molecule has 0 spiro atoms. The van der Waals surface area contributed by atoms with Crippen molar-refractivity contribution in [2.45, 2.75) is 45.4 Å². The van der Waals surface area contributed by atoms with Gasteiger partial charge >= 0.3 is 0 Å². The molecule has 3 atom stereocenters. The third-order valence-corrected chi connectivity index (χ3v) is 5.45. The topological polar surface area (TPSA) is 36.9 Å². The SMILES string of the molecule is CN=C(NC1C2CCCOC2C1(C)C)N(C)Cc1ccccc1.I. The molecule has 1 aromatic carbocycles. The fourth-order valence-electron chi connectivity index (χ4n) is 4.23. The van der Waals surface area contributed by atoms with Gasteiger partial charge in [0.1, 0.15) is 0 Å². The number of guanidine groups is 1. The zero-order valence-electron chi connectivity index (χ0n) is 15.2. The zero-order chi connectivity index (χ0) is 16.4. The van der Waals surface area contributed by atoms with E-state index in [-0.39, 0.29) is 29.4 Å². The summed E-state index contributed by atoms with van der Waals surface area (Å²) in [5.41, 5.74) is 1.46. The minimum atomic E-state index is 0. The van der Waals surface area contributed by atoms with Gasteiger partial charge in [-0.25, -0.2) is 0 Å². The third-order valence-electron chi connectivity index (χ3n) is 5.45. The summed E-state index contributed by atoms with van der Waals surface area (Å²) in [6.45, 7) is 6.39. The van der Waals surface area contributed by atoms with Gasteiger partial charge in [-0.3, -0.25) is 4.99 Å². The van der Waals surface area contributed by atoms with Crippen molar-refractivity contribution >= 4 is 29.9 Å². The van der Waals surface area contributed by atoms with Crippen LogP contribution in [0.3, 0.4) is 0 Å². The Morgan fingerprint density at radius 3 is 2.71 bits per heavy atom. The van der Waals surface area contributed by atoms with Crippen LogP contribution in [0.1, 0.15) is 32.3 Å². The molecule has 1 aromatic rings. The largest absolute Gasteiger partial charge is 0.377 e. The molecule has 0 radical (unpaired) electrons.